The number of aryl methyl sites for hydroxylation is 1. The molecule has 0 N–H and O–H groups in total. The van der Waals surface area contributed by atoms with Crippen molar-refractivity contribution in [2.24, 2.45) is 0 Å². The zero-order valence-corrected chi connectivity index (χ0v) is 12.8. The van der Waals surface area contributed by atoms with Crippen LogP contribution < -0.4 is 4.74 Å². The molecule has 106 valence electrons. The number of carbonyl (C=O) groups excluding carboxylic acids is 1. The van der Waals surface area contributed by atoms with Gasteiger partial charge in [-0.1, -0.05) is 6.07 Å². The summed E-state index contributed by atoms with van der Waals surface area (Å²) in [6.45, 7) is 6.63. The first-order chi connectivity index (χ1) is 8.58. The Morgan fingerprint density at radius 1 is 1.26 bits per heavy atom. The lowest BCUT2D eigenvalue weighted by Crippen LogP contribution is -2.33. The minimum Gasteiger partial charge on any atom is -0.496 e. The minimum absolute atomic E-state index is 0.306. The second kappa shape index (κ2) is 5.33. The van der Waals surface area contributed by atoms with Crippen LogP contribution in [0.15, 0.2) is 18.2 Å². The van der Waals surface area contributed by atoms with Gasteiger partial charge in [-0.05, 0) is 45.4 Å². The molecular formula is C14H20O4S. The van der Waals surface area contributed by atoms with Gasteiger partial charge in [-0.15, -0.1) is 0 Å². The molecule has 0 unspecified atom stereocenters. The highest BCUT2D eigenvalue weighted by atomic mass is 32.2. The van der Waals surface area contributed by atoms with Crippen LogP contribution in [0.1, 0.15) is 36.7 Å². The van der Waals surface area contributed by atoms with Gasteiger partial charge in [0, 0.05) is 0 Å². The fraction of sp³-hybridized carbons (Fsp3) is 0.500. The number of Topliss-reactive ketones (excluding diaryl/α,β-unsaturated/α-hetero) is 1. The van der Waals surface area contributed by atoms with Crippen molar-refractivity contribution in [1.82, 2.24) is 0 Å². The molecular weight excluding hydrogens is 264 g/mol. The van der Waals surface area contributed by atoms with E-state index in [4.69, 9.17) is 4.74 Å². The van der Waals surface area contributed by atoms with E-state index < -0.39 is 26.1 Å². The van der Waals surface area contributed by atoms with Gasteiger partial charge in [0.15, 0.2) is 15.6 Å². The molecule has 0 fully saturated rings. The van der Waals surface area contributed by atoms with Crippen molar-refractivity contribution in [3.8, 4) is 5.75 Å². The highest BCUT2D eigenvalue weighted by Crippen LogP contribution is 2.23. The monoisotopic (exact) mass is 284 g/mol. The fourth-order valence-electron chi connectivity index (χ4n) is 1.50. The van der Waals surface area contributed by atoms with Crippen LogP contribution in [-0.4, -0.2) is 31.8 Å². The van der Waals surface area contributed by atoms with Crippen molar-refractivity contribution in [2.45, 2.75) is 32.4 Å². The van der Waals surface area contributed by atoms with Crippen molar-refractivity contribution in [3.05, 3.63) is 29.3 Å². The van der Waals surface area contributed by atoms with Crippen LogP contribution in [0.25, 0.3) is 0 Å². The molecule has 1 aromatic rings. The summed E-state index contributed by atoms with van der Waals surface area (Å²) in [6, 6.07) is 5.09. The summed E-state index contributed by atoms with van der Waals surface area (Å²) < 4.78 is 28.3. The second-order valence-electron chi connectivity index (χ2n) is 5.50. The normalized spacial score (nSPS) is 12.3. The fourth-order valence-corrected chi connectivity index (χ4v) is 2.43. The molecule has 0 aliphatic heterocycles. The molecule has 1 rings (SSSR count). The van der Waals surface area contributed by atoms with Gasteiger partial charge in [0.25, 0.3) is 0 Å². The highest BCUT2D eigenvalue weighted by Gasteiger charge is 2.32. The predicted molar refractivity (Wildman–Crippen MR) is 75.6 cm³/mol. The second-order valence-corrected chi connectivity index (χ2v) is 8.24. The number of ether oxygens (including phenoxy) is 1. The molecule has 0 bridgehead atoms. The Bertz CT molecular complexity index is 580. The summed E-state index contributed by atoms with van der Waals surface area (Å²) in [6.07, 6.45) is 0. The Balaban J connectivity index is 3.10. The zero-order valence-electron chi connectivity index (χ0n) is 12.0. The number of hydrogen-bond acceptors (Lipinski definition) is 4. The van der Waals surface area contributed by atoms with Crippen LogP contribution in [0.5, 0.6) is 5.75 Å². The summed E-state index contributed by atoms with van der Waals surface area (Å²) >= 11 is 0. The molecule has 0 aliphatic carbocycles. The average molecular weight is 284 g/mol. The average Bonchev–Trinajstić information content (AvgIpc) is 2.26. The zero-order chi connectivity index (χ0) is 14.8. The number of methoxy groups -OCH3 is 1. The van der Waals surface area contributed by atoms with Gasteiger partial charge in [-0.2, -0.15) is 0 Å². The topological polar surface area (TPSA) is 60.4 Å². The van der Waals surface area contributed by atoms with Gasteiger partial charge in [0.2, 0.25) is 0 Å². The van der Waals surface area contributed by atoms with E-state index >= 15 is 0 Å². The molecule has 0 saturated heterocycles. The van der Waals surface area contributed by atoms with Crippen molar-refractivity contribution >= 4 is 15.6 Å². The van der Waals surface area contributed by atoms with Crippen molar-refractivity contribution in [2.75, 3.05) is 12.9 Å². The van der Waals surface area contributed by atoms with E-state index in [1.807, 2.05) is 6.92 Å². The van der Waals surface area contributed by atoms with E-state index in [1.54, 1.807) is 39.0 Å². The smallest absolute Gasteiger partial charge is 0.181 e. The van der Waals surface area contributed by atoms with Gasteiger partial charge in [-0.25, -0.2) is 8.42 Å². The first-order valence-corrected chi connectivity index (χ1v) is 7.64. The first-order valence-electron chi connectivity index (χ1n) is 5.98. The molecule has 0 saturated carbocycles. The molecule has 1 aromatic carbocycles. The van der Waals surface area contributed by atoms with E-state index in [-0.39, 0.29) is 0 Å². The largest absolute Gasteiger partial charge is 0.496 e. The molecule has 0 aromatic heterocycles. The van der Waals surface area contributed by atoms with Crippen molar-refractivity contribution in [1.29, 1.82) is 0 Å². The SMILES string of the molecule is COc1cc(C)ccc1C(=O)CS(=O)(=O)C(C)(C)C. The van der Waals surface area contributed by atoms with Crippen LogP contribution in [0.3, 0.4) is 0 Å². The maximum atomic E-state index is 12.1. The third-order valence-corrected chi connectivity index (χ3v) is 5.42. The number of ketones is 1. The Labute approximate surface area is 114 Å². The Morgan fingerprint density at radius 2 is 1.84 bits per heavy atom. The lowest BCUT2D eigenvalue weighted by molar-refractivity contribution is 0.101. The molecule has 0 heterocycles. The summed E-state index contributed by atoms with van der Waals surface area (Å²) in [5.41, 5.74) is 1.26. The van der Waals surface area contributed by atoms with Crippen LogP contribution in [0.2, 0.25) is 0 Å². The Kier molecular flexibility index (Phi) is 4.40. The Hall–Kier alpha value is -1.36. The highest BCUT2D eigenvalue weighted by molar-refractivity contribution is 7.93. The molecule has 0 spiro atoms. The molecule has 5 heteroatoms. The summed E-state index contributed by atoms with van der Waals surface area (Å²) in [5, 5.41) is 0. The third-order valence-electron chi connectivity index (χ3n) is 2.91. The van der Waals surface area contributed by atoms with Crippen LogP contribution >= 0.6 is 0 Å². The molecule has 0 amide bonds. The summed E-state index contributed by atoms with van der Waals surface area (Å²) in [7, 11) is -2.02. The van der Waals surface area contributed by atoms with Crippen molar-refractivity contribution in [3.63, 3.8) is 0 Å². The van der Waals surface area contributed by atoms with E-state index in [0.29, 0.717) is 11.3 Å². The molecule has 0 aliphatic rings. The number of sulfone groups is 1. The quantitative estimate of drug-likeness (QED) is 0.797. The van der Waals surface area contributed by atoms with E-state index in [9.17, 15) is 13.2 Å². The van der Waals surface area contributed by atoms with Gasteiger partial charge in [-0.3, -0.25) is 4.79 Å². The summed E-state index contributed by atoms with van der Waals surface area (Å²) in [4.78, 5) is 12.1. The van der Waals surface area contributed by atoms with Gasteiger partial charge >= 0.3 is 0 Å². The van der Waals surface area contributed by atoms with E-state index in [0.717, 1.165) is 5.56 Å². The van der Waals surface area contributed by atoms with Crippen LogP contribution in [-0.2, 0) is 9.84 Å². The van der Waals surface area contributed by atoms with Gasteiger partial charge < -0.3 is 4.74 Å². The molecule has 4 nitrogen and oxygen atoms in total. The third kappa shape index (κ3) is 3.56. The lowest BCUT2D eigenvalue weighted by Gasteiger charge is -2.19. The van der Waals surface area contributed by atoms with E-state index in [2.05, 4.69) is 0 Å². The number of benzene rings is 1. The predicted octanol–water partition coefficient (Wildman–Crippen LogP) is 2.40. The molecule has 19 heavy (non-hydrogen) atoms. The number of carbonyl (C=O) groups is 1. The summed E-state index contributed by atoms with van der Waals surface area (Å²) in [5.74, 6) is -0.531. The van der Waals surface area contributed by atoms with Gasteiger partial charge in [0.05, 0.1) is 17.4 Å². The number of hydrogen-bond donors (Lipinski definition) is 0. The van der Waals surface area contributed by atoms with Crippen LogP contribution in [0.4, 0.5) is 0 Å². The molecule has 0 radical (unpaired) electrons. The van der Waals surface area contributed by atoms with Gasteiger partial charge in [0.1, 0.15) is 11.5 Å². The van der Waals surface area contributed by atoms with E-state index in [1.165, 1.54) is 7.11 Å². The number of rotatable bonds is 4. The Morgan fingerprint density at radius 3 is 2.32 bits per heavy atom. The maximum Gasteiger partial charge on any atom is 0.181 e. The lowest BCUT2D eigenvalue weighted by atomic mass is 10.1. The molecule has 0 atom stereocenters. The standard InChI is InChI=1S/C14H20O4S/c1-10-6-7-11(13(8-10)18-5)12(15)9-19(16,17)14(2,3)4/h6-8H,9H2,1-5H3. The van der Waals surface area contributed by atoms with Crippen molar-refractivity contribution < 1.29 is 17.9 Å². The first kappa shape index (κ1) is 15.7. The van der Waals surface area contributed by atoms with Crippen LogP contribution in [0, 0.1) is 6.92 Å². The maximum absolute atomic E-state index is 12.1. The minimum atomic E-state index is -3.49.